The molecule has 0 aliphatic carbocycles. The van der Waals surface area contributed by atoms with Gasteiger partial charge in [0, 0.05) is 24.2 Å². The van der Waals surface area contributed by atoms with Crippen LogP contribution in [0.4, 0.5) is 0 Å². The van der Waals surface area contributed by atoms with Crippen molar-refractivity contribution in [2.24, 2.45) is 0 Å². The Labute approximate surface area is 125 Å². The molecule has 1 saturated heterocycles. The van der Waals surface area contributed by atoms with Gasteiger partial charge in [-0.2, -0.15) is 0 Å². The number of benzene rings is 2. The van der Waals surface area contributed by atoms with Crippen LogP contribution >= 0.6 is 0 Å². The molecule has 3 nitrogen and oxygen atoms in total. The van der Waals surface area contributed by atoms with Crippen molar-refractivity contribution in [1.29, 1.82) is 0 Å². The van der Waals surface area contributed by atoms with E-state index in [2.05, 4.69) is 31.3 Å². The summed E-state index contributed by atoms with van der Waals surface area (Å²) in [5.41, 5.74) is 0.814. The predicted molar refractivity (Wildman–Crippen MR) is 86.5 cm³/mol. The van der Waals surface area contributed by atoms with E-state index in [1.807, 2.05) is 35.2 Å². The fourth-order valence-electron chi connectivity index (χ4n) is 3.25. The van der Waals surface area contributed by atoms with Crippen molar-refractivity contribution in [2.45, 2.75) is 32.4 Å². The summed E-state index contributed by atoms with van der Waals surface area (Å²) in [5.74, 6) is 0.149. The Kier molecular flexibility index (Phi) is 3.93. The highest BCUT2D eigenvalue weighted by Crippen LogP contribution is 2.23. The molecule has 0 saturated carbocycles. The van der Waals surface area contributed by atoms with Crippen LogP contribution in [0, 0.1) is 0 Å². The molecule has 2 aromatic rings. The largest absolute Gasteiger partial charge is 0.332 e. The van der Waals surface area contributed by atoms with Crippen LogP contribution in [0.25, 0.3) is 10.8 Å². The molecular formula is C18H22N2O. The van der Waals surface area contributed by atoms with Crippen LogP contribution in [0.1, 0.15) is 30.6 Å². The number of fused-ring (bicyclic) bond motifs is 1. The monoisotopic (exact) mass is 282 g/mol. The van der Waals surface area contributed by atoms with E-state index in [1.54, 1.807) is 0 Å². The van der Waals surface area contributed by atoms with Gasteiger partial charge in [-0.3, -0.25) is 4.79 Å². The zero-order chi connectivity index (χ0) is 14.8. The summed E-state index contributed by atoms with van der Waals surface area (Å²) in [6, 6.07) is 14.6. The highest BCUT2D eigenvalue weighted by molar-refractivity contribution is 6.07. The van der Waals surface area contributed by atoms with Gasteiger partial charge in [-0.1, -0.05) is 36.4 Å². The van der Waals surface area contributed by atoms with Gasteiger partial charge in [0.25, 0.3) is 5.91 Å². The van der Waals surface area contributed by atoms with Crippen molar-refractivity contribution in [3.05, 3.63) is 48.0 Å². The van der Waals surface area contributed by atoms with Crippen LogP contribution in [-0.2, 0) is 0 Å². The lowest BCUT2D eigenvalue weighted by Gasteiger charge is -2.32. The Hall–Kier alpha value is -1.87. The minimum absolute atomic E-state index is 0.149. The SMILES string of the molecule is CC(C)N(C(=O)c1cccc2ccccc12)C1CCNC1. The van der Waals surface area contributed by atoms with Crippen LogP contribution in [0.2, 0.25) is 0 Å². The summed E-state index contributed by atoms with van der Waals surface area (Å²) < 4.78 is 0. The van der Waals surface area contributed by atoms with Gasteiger partial charge in [0.2, 0.25) is 0 Å². The third-order valence-electron chi connectivity index (χ3n) is 4.24. The number of carbonyl (C=O) groups excluding carboxylic acids is 1. The normalized spacial score (nSPS) is 18.3. The second-order valence-corrected chi connectivity index (χ2v) is 5.98. The standard InChI is InChI=1S/C18H22N2O/c1-13(2)20(15-10-11-19-12-15)18(21)17-9-5-7-14-6-3-4-8-16(14)17/h3-9,13,15,19H,10-12H2,1-2H3. The molecule has 1 N–H and O–H groups in total. The molecule has 1 aliphatic heterocycles. The first-order chi connectivity index (χ1) is 10.2. The number of rotatable bonds is 3. The fourth-order valence-corrected chi connectivity index (χ4v) is 3.25. The first kappa shape index (κ1) is 14.1. The average molecular weight is 282 g/mol. The zero-order valence-corrected chi connectivity index (χ0v) is 12.7. The number of carbonyl (C=O) groups is 1. The average Bonchev–Trinajstić information content (AvgIpc) is 3.00. The van der Waals surface area contributed by atoms with Crippen molar-refractivity contribution in [3.8, 4) is 0 Å². The van der Waals surface area contributed by atoms with Crippen molar-refractivity contribution in [1.82, 2.24) is 10.2 Å². The fraction of sp³-hybridized carbons (Fsp3) is 0.389. The molecule has 1 fully saturated rings. The molecule has 0 aromatic heterocycles. The van der Waals surface area contributed by atoms with Gasteiger partial charge in [0.05, 0.1) is 0 Å². The molecule has 0 bridgehead atoms. The summed E-state index contributed by atoms with van der Waals surface area (Å²) in [4.78, 5) is 15.1. The van der Waals surface area contributed by atoms with Crippen LogP contribution < -0.4 is 5.32 Å². The lowest BCUT2D eigenvalue weighted by atomic mass is 10.0. The van der Waals surface area contributed by atoms with Gasteiger partial charge in [0.1, 0.15) is 0 Å². The van der Waals surface area contributed by atoms with Gasteiger partial charge in [-0.05, 0) is 43.7 Å². The van der Waals surface area contributed by atoms with Gasteiger partial charge < -0.3 is 10.2 Å². The summed E-state index contributed by atoms with van der Waals surface area (Å²) in [6.45, 7) is 6.09. The third kappa shape index (κ3) is 2.66. The third-order valence-corrected chi connectivity index (χ3v) is 4.24. The highest BCUT2D eigenvalue weighted by atomic mass is 16.2. The van der Waals surface area contributed by atoms with E-state index in [0.717, 1.165) is 35.8 Å². The van der Waals surface area contributed by atoms with Crippen LogP contribution in [0.5, 0.6) is 0 Å². The van der Waals surface area contributed by atoms with E-state index in [9.17, 15) is 4.79 Å². The maximum atomic E-state index is 13.1. The van der Waals surface area contributed by atoms with Crippen molar-refractivity contribution < 1.29 is 4.79 Å². The van der Waals surface area contributed by atoms with Crippen LogP contribution in [0.3, 0.4) is 0 Å². The molecule has 2 aromatic carbocycles. The Morgan fingerprint density at radius 2 is 1.95 bits per heavy atom. The number of nitrogens with one attached hydrogen (secondary N) is 1. The Morgan fingerprint density at radius 1 is 1.19 bits per heavy atom. The number of hydrogen-bond donors (Lipinski definition) is 1. The first-order valence-corrected chi connectivity index (χ1v) is 7.69. The topological polar surface area (TPSA) is 32.3 Å². The van der Waals surface area contributed by atoms with E-state index in [1.165, 1.54) is 0 Å². The van der Waals surface area contributed by atoms with Gasteiger partial charge in [-0.25, -0.2) is 0 Å². The molecule has 3 heteroatoms. The van der Waals surface area contributed by atoms with E-state index < -0.39 is 0 Å². The first-order valence-electron chi connectivity index (χ1n) is 7.69. The zero-order valence-electron chi connectivity index (χ0n) is 12.7. The lowest BCUT2D eigenvalue weighted by molar-refractivity contribution is 0.0629. The second kappa shape index (κ2) is 5.86. The smallest absolute Gasteiger partial charge is 0.255 e. The minimum atomic E-state index is 0.149. The molecule has 1 aliphatic rings. The van der Waals surface area contributed by atoms with E-state index in [4.69, 9.17) is 0 Å². The van der Waals surface area contributed by atoms with E-state index >= 15 is 0 Å². The Morgan fingerprint density at radius 3 is 2.67 bits per heavy atom. The molecule has 21 heavy (non-hydrogen) atoms. The van der Waals surface area contributed by atoms with Gasteiger partial charge in [-0.15, -0.1) is 0 Å². The molecule has 1 atom stereocenters. The number of nitrogens with zero attached hydrogens (tertiary/aromatic N) is 1. The molecule has 1 unspecified atom stereocenters. The molecule has 3 rings (SSSR count). The maximum absolute atomic E-state index is 13.1. The second-order valence-electron chi connectivity index (χ2n) is 5.98. The minimum Gasteiger partial charge on any atom is -0.332 e. The van der Waals surface area contributed by atoms with Crippen LogP contribution in [0.15, 0.2) is 42.5 Å². The lowest BCUT2D eigenvalue weighted by Crippen LogP contribution is -2.46. The van der Waals surface area contributed by atoms with Gasteiger partial charge in [0.15, 0.2) is 0 Å². The highest BCUT2D eigenvalue weighted by Gasteiger charge is 2.29. The Bertz CT molecular complexity index is 639. The summed E-state index contributed by atoms with van der Waals surface area (Å²) in [7, 11) is 0. The van der Waals surface area contributed by atoms with Crippen molar-refractivity contribution in [2.75, 3.05) is 13.1 Å². The number of amides is 1. The van der Waals surface area contributed by atoms with E-state index in [0.29, 0.717) is 6.04 Å². The molecule has 0 radical (unpaired) electrons. The summed E-state index contributed by atoms with van der Waals surface area (Å²) in [5, 5.41) is 5.52. The molecule has 0 spiro atoms. The molecule has 1 amide bonds. The molecule has 1 heterocycles. The van der Waals surface area contributed by atoms with Crippen molar-refractivity contribution in [3.63, 3.8) is 0 Å². The Balaban J connectivity index is 2.01. The van der Waals surface area contributed by atoms with Crippen LogP contribution in [-0.4, -0.2) is 36.0 Å². The molecule has 110 valence electrons. The predicted octanol–water partition coefficient (Wildman–Crippen LogP) is 3.05. The maximum Gasteiger partial charge on any atom is 0.255 e. The van der Waals surface area contributed by atoms with E-state index in [-0.39, 0.29) is 11.9 Å². The van der Waals surface area contributed by atoms with Crippen molar-refractivity contribution >= 4 is 16.7 Å². The van der Waals surface area contributed by atoms with Gasteiger partial charge >= 0.3 is 0 Å². The summed E-state index contributed by atoms with van der Waals surface area (Å²) in [6.07, 6.45) is 1.04. The quantitative estimate of drug-likeness (QED) is 0.938. The molecular weight excluding hydrogens is 260 g/mol. The number of hydrogen-bond acceptors (Lipinski definition) is 2. The summed E-state index contributed by atoms with van der Waals surface area (Å²) >= 11 is 0.